The van der Waals surface area contributed by atoms with Crippen LogP contribution >= 0.6 is 0 Å². The van der Waals surface area contributed by atoms with Gasteiger partial charge in [0.15, 0.2) is 0 Å². The van der Waals surface area contributed by atoms with E-state index in [1.165, 1.54) is 16.8 Å². The molecule has 2 rings (SSSR count). The monoisotopic (exact) mass is 366 g/mol. The van der Waals surface area contributed by atoms with Gasteiger partial charge in [0.1, 0.15) is 0 Å². The second-order valence-electron chi connectivity index (χ2n) is 7.03. The molecule has 1 aromatic carbocycles. The standard InChI is InChI=1S/C19H30N2O3S/c1-5-21(17-11-7-6-8-12-17)19(22)16-10-9-13-18(14-16)25(23,24)20(4)15(2)3/h9-10,13-15,17H,5-8,11-12H2,1-4H3. The summed E-state index contributed by atoms with van der Waals surface area (Å²) in [5, 5.41) is 0. The fourth-order valence-corrected chi connectivity index (χ4v) is 4.77. The van der Waals surface area contributed by atoms with Crippen molar-refractivity contribution in [2.75, 3.05) is 13.6 Å². The minimum absolute atomic E-state index is 0.0707. The first-order chi connectivity index (χ1) is 11.8. The van der Waals surface area contributed by atoms with E-state index < -0.39 is 10.0 Å². The Hall–Kier alpha value is -1.40. The SMILES string of the molecule is CCN(C(=O)c1cccc(S(=O)(=O)N(C)C(C)C)c1)C1CCCCC1. The molecule has 1 amide bonds. The van der Waals surface area contributed by atoms with Gasteiger partial charge in [0.05, 0.1) is 4.90 Å². The summed E-state index contributed by atoms with van der Waals surface area (Å²) in [5.41, 5.74) is 0.450. The summed E-state index contributed by atoms with van der Waals surface area (Å²) in [4.78, 5) is 15.1. The molecule has 0 N–H and O–H groups in total. The highest BCUT2D eigenvalue weighted by Crippen LogP contribution is 2.25. The number of nitrogens with zero attached hydrogens (tertiary/aromatic N) is 2. The molecule has 0 heterocycles. The van der Waals surface area contributed by atoms with Crippen LogP contribution in [0.1, 0.15) is 63.2 Å². The van der Waals surface area contributed by atoms with E-state index in [4.69, 9.17) is 0 Å². The average molecular weight is 367 g/mol. The van der Waals surface area contributed by atoms with Gasteiger partial charge < -0.3 is 4.90 Å². The average Bonchev–Trinajstić information content (AvgIpc) is 2.62. The molecule has 1 saturated carbocycles. The van der Waals surface area contributed by atoms with Crippen LogP contribution in [0.25, 0.3) is 0 Å². The van der Waals surface area contributed by atoms with Gasteiger partial charge in [-0.05, 0) is 51.8 Å². The van der Waals surface area contributed by atoms with Crippen LogP contribution in [0.15, 0.2) is 29.2 Å². The van der Waals surface area contributed by atoms with Gasteiger partial charge in [-0.3, -0.25) is 4.79 Å². The topological polar surface area (TPSA) is 57.7 Å². The fraction of sp³-hybridized carbons (Fsp3) is 0.632. The van der Waals surface area contributed by atoms with Gasteiger partial charge in [-0.25, -0.2) is 8.42 Å². The van der Waals surface area contributed by atoms with Crippen molar-refractivity contribution in [2.24, 2.45) is 0 Å². The Morgan fingerprint density at radius 3 is 2.40 bits per heavy atom. The quantitative estimate of drug-likeness (QED) is 0.774. The Balaban J connectivity index is 2.29. The van der Waals surface area contributed by atoms with Gasteiger partial charge in [0, 0.05) is 31.2 Å². The predicted octanol–water partition coefficient (Wildman–Crippen LogP) is 3.51. The van der Waals surface area contributed by atoms with Crippen LogP contribution < -0.4 is 0 Å². The lowest BCUT2D eigenvalue weighted by molar-refractivity contribution is 0.0647. The first kappa shape index (κ1) is 19.9. The summed E-state index contributed by atoms with van der Waals surface area (Å²) < 4.78 is 26.7. The van der Waals surface area contributed by atoms with Crippen LogP contribution in [-0.2, 0) is 10.0 Å². The van der Waals surface area contributed by atoms with Gasteiger partial charge in [-0.2, -0.15) is 4.31 Å². The third kappa shape index (κ3) is 4.42. The lowest BCUT2D eigenvalue weighted by Gasteiger charge is -2.33. The number of amides is 1. The maximum atomic E-state index is 13.0. The van der Waals surface area contributed by atoms with E-state index in [0.29, 0.717) is 12.1 Å². The van der Waals surface area contributed by atoms with Crippen molar-refractivity contribution in [1.82, 2.24) is 9.21 Å². The molecule has 1 aromatic rings. The number of carbonyl (C=O) groups is 1. The lowest BCUT2D eigenvalue weighted by atomic mass is 9.93. The van der Waals surface area contributed by atoms with E-state index in [-0.39, 0.29) is 22.9 Å². The van der Waals surface area contributed by atoms with Gasteiger partial charge in [-0.1, -0.05) is 25.3 Å². The first-order valence-corrected chi connectivity index (χ1v) is 10.6. The largest absolute Gasteiger partial charge is 0.336 e. The molecule has 25 heavy (non-hydrogen) atoms. The van der Waals surface area contributed by atoms with Crippen molar-refractivity contribution in [1.29, 1.82) is 0 Å². The molecule has 5 nitrogen and oxygen atoms in total. The second-order valence-corrected chi connectivity index (χ2v) is 9.02. The molecule has 140 valence electrons. The molecule has 0 unspecified atom stereocenters. The minimum atomic E-state index is -3.59. The molecule has 0 aliphatic heterocycles. The predicted molar refractivity (Wildman–Crippen MR) is 100 cm³/mol. The number of carbonyl (C=O) groups excluding carboxylic acids is 1. The Kier molecular flexibility index (Phi) is 6.63. The van der Waals surface area contributed by atoms with E-state index in [1.54, 1.807) is 25.2 Å². The molecule has 0 bridgehead atoms. The molecule has 0 radical (unpaired) electrons. The minimum Gasteiger partial charge on any atom is -0.336 e. The molecular weight excluding hydrogens is 336 g/mol. The van der Waals surface area contributed by atoms with E-state index in [0.717, 1.165) is 25.7 Å². The molecule has 0 spiro atoms. The van der Waals surface area contributed by atoms with Crippen molar-refractivity contribution < 1.29 is 13.2 Å². The van der Waals surface area contributed by atoms with Gasteiger partial charge in [0.2, 0.25) is 10.0 Å². The molecule has 1 aliphatic carbocycles. The Labute approximate surface area is 152 Å². The Bertz CT molecular complexity index is 694. The van der Waals surface area contributed by atoms with E-state index >= 15 is 0 Å². The van der Waals surface area contributed by atoms with Crippen LogP contribution in [0.5, 0.6) is 0 Å². The zero-order chi connectivity index (χ0) is 18.6. The van der Waals surface area contributed by atoms with E-state index in [2.05, 4.69) is 0 Å². The third-order valence-corrected chi connectivity index (χ3v) is 7.13. The molecule has 0 saturated heterocycles. The van der Waals surface area contributed by atoms with Crippen LogP contribution in [0.4, 0.5) is 0 Å². The normalized spacial score (nSPS) is 16.4. The highest BCUT2D eigenvalue weighted by atomic mass is 32.2. The van der Waals surface area contributed by atoms with Crippen LogP contribution in [0.3, 0.4) is 0 Å². The molecule has 0 atom stereocenters. The van der Waals surface area contributed by atoms with Gasteiger partial charge in [0.25, 0.3) is 5.91 Å². The molecule has 1 fully saturated rings. The number of rotatable bonds is 6. The fourth-order valence-electron chi connectivity index (χ4n) is 3.36. The maximum absolute atomic E-state index is 13.0. The van der Waals surface area contributed by atoms with Crippen LogP contribution in [0.2, 0.25) is 0 Å². The molecular formula is C19H30N2O3S. The summed E-state index contributed by atoms with van der Waals surface area (Å²) in [7, 11) is -2.02. The van der Waals surface area contributed by atoms with Crippen LogP contribution in [0, 0.1) is 0 Å². The van der Waals surface area contributed by atoms with Crippen molar-refractivity contribution >= 4 is 15.9 Å². The highest BCUT2D eigenvalue weighted by molar-refractivity contribution is 7.89. The third-order valence-electron chi connectivity index (χ3n) is 5.10. The molecule has 6 heteroatoms. The summed E-state index contributed by atoms with van der Waals surface area (Å²) in [5.74, 6) is -0.0707. The number of hydrogen-bond donors (Lipinski definition) is 0. The summed E-state index contributed by atoms with van der Waals surface area (Å²) in [6, 6.07) is 6.57. The van der Waals surface area contributed by atoms with Gasteiger partial charge in [-0.15, -0.1) is 0 Å². The summed E-state index contributed by atoms with van der Waals surface area (Å²) in [6.07, 6.45) is 5.61. The van der Waals surface area contributed by atoms with Crippen LogP contribution in [-0.4, -0.2) is 49.2 Å². The molecule has 1 aliphatic rings. The summed E-state index contributed by atoms with van der Waals surface area (Å²) in [6.45, 7) is 6.29. The first-order valence-electron chi connectivity index (χ1n) is 9.18. The van der Waals surface area contributed by atoms with Crippen molar-refractivity contribution in [2.45, 2.75) is 69.9 Å². The highest BCUT2D eigenvalue weighted by Gasteiger charge is 2.27. The maximum Gasteiger partial charge on any atom is 0.254 e. The van der Waals surface area contributed by atoms with Crippen molar-refractivity contribution in [3.8, 4) is 0 Å². The van der Waals surface area contributed by atoms with Crippen molar-refractivity contribution in [3.63, 3.8) is 0 Å². The number of benzene rings is 1. The van der Waals surface area contributed by atoms with E-state index in [9.17, 15) is 13.2 Å². The lowest BCUT2D eigenvalue weighted by Crippen LogP contribution is -2.41. The summed E-state index contributed by atoms with van der Waals surface area (Å²) >= 11 is 0. The zero-order valence-electron chi connectivity index (χ0n) is 15.7. The zero-order valence-corrected chi connectivity index (χ0v) is 16.6. The number of hydrogen-bond acceptors (Lipinski definition) is 3. The molecule has 0 aromatic heterocycles. The second kappa shape index (κ2) is 8.32. The Morgan fingerprint density at radius 2 is 1.84 bits per heavy atom. The smallest absolute Gasteiger partial charge is 0.254 e. The van der Waals surface area contributed by atoms with Crippen molar-refractivity contribution in [3.05, 3.63) is 29.8 Å². The van der Waals surface area contributed by atoms with Gasteiger partial charge >= 0.3 is 0 Å². The Morgan fingerprint density at radius 1 is 1.20 bits per heavy atom. The van der Waals surface area contributed by atoms with E-state index in [1.807, 2.05) is 25.7 Å². The number of sulfonamides is 1.